The number of rotatable bonds is 2. The predicted octanol–water partition coefficient (Wildman–Crippen LogP) is 2.20. The molecule has 0 aromatic heterocycles. The van der Waals surface area contributed by atoms with Crippen molar-refractivity contribution in [2.24, 2.45) is 11.7 Å². The lowest BCUT2D eigenvalue weighted by Crippen LogP contribution is -2.42. The van der Waals surface area contributed by atoms with E-state index in [1.165, 1.54) is 6.07 Å². The van der Waals surface area contributed by atoms with E-state index in [2.05, 4.69) is 0 Å². The van der Waals surface area contributed by atoms with E-state index in [0.29, 0.717) is 19.6 Å². The molecule has 106 valence electrons. The molecule has 1 aromatic rings. The van der Waals surface area contributed by atoms with Crippen LogP contribution in [0.4, 0.5) is 8.78 Å². The molecule has 0 radical (unpaired) electrons. The highest BCUT2D eigenvalue weighted by molar-refractivity contribution is 5.94. The Hall–Kier alpha value is -1.20. The van der Waals surface area contributed by atoms with Crippen LogP contribution < -0.4 is 5.73 Å². The number of carbonyl (C=O) groups is 1. The van der Waals surface area contributed by atoms with E-state index in [0.717, 1.165) is 25.0 Å². The lowest BCUT2D eigenvalue weighted by atomic mass is 9.97. The molecule has 0 saturated carbocycles. The third kappa shape index (κ3) is 3.64. The Kier molecular flexibility index (Phi) is 5.69. The Labute approximate surface area is 117 Å². The summed E-state index contributed by atoms with van der Waals surface area (Å²) in [6, 6.07) is 3.03. The fraction of sp³-hybridized carbons (Fsp3) is 0.462. The first-order chi connectivity index (χ1) is 8.61. The van der Waals surface area contributed by atoms with E-state index in [1.807, 2.05) is 0 Å². The summed E-state index contributed by atoms with van der Waals surface area (Å²) in [5, 5.41) is 0. The first-order valence-corrected chi connectivity index (χ1v) is 6.06. The van der Waals surface area contributed by atoms with Crippen molar-refractivity contribution in [1.29, 1.82) is 0 Å². The highest BCUT2D eigenvalue weighted by atomic mass is 35.5. The molecule has 1 atom stereocenters. The number of hydrogen-bond acceptors (Lipinski definition) is 2. The lowest BCUT2D eigenvalue weighted by molar-refractivity contribution is 0.0673. The Morgan fingerprint density at radius 1 is 1.42 bits per heavy atom. The van der Waals surface area contributed by atoms with Gasteiger partial charge in [0.05, 0.1) is 5.56 Å². The number of benzene rings is 1. The highest BCUT2D eigenvalue weighted by Gasteiger charge is 2.25. The zero-order chi connectivity index (χ0) is 13.1. The molecule has 19 heavy (non-hydrogen) atoms. The maximum Gasteiger partial charge on any atom is 0.256 e. The summed E-state index contributed by atoms with van der Waals surface area (Å²) in [7, 11) is 0. The van der Waals surface area contributed by atoms with Crippen LogP contribution in [0.25, 0.3) is 0 Å². The predicted molar refractivity (Wildman–Crippen MR) is 71.3 cm³/mol. The third-order valence-electron chi connectivity index (χ3n) is 3.30. The van der Waals surface area contributed by atoms with Crippen molar-refractivity contribution in [3.05, 3.63) is 35.4 Å². The van der Waals surface area contributed by atoms with E-state index in [1.54, 1.807) is 4.90 Å². The molecule has 1 fully saturated rings. The van der Waals surface area contributed by atoms with E-state index in [-0.39, 0.29) is 29.8 Å². The lowest BCUT2D eigenvalue weighted by Gasteiger charge is -2.32. The molecule has 2 rings (SSSR count). The summed E-state index contributed by atoms with van der Waals surface area (Å²) in [6.07, 6.45) is 1.86. The molecule has 1 amide bonds. The Balaban J connectivity index is 0.00000180. The van der Waals surface area contributed by atoms with Crippen molar-refractivity contribution in [2.45, 2.75) is 12.8 Å². The summed E-state index contributed by atoms with van der Waals surface area (Å²) < 4.78 is 26.3. The van der Waals surface area contributed by atoms with Crippen molar-refractivity contribution < 1.29 is 13.6 Å². The molecule has 1 saturated heterocycles. The van der Waals surface area contributed by atoms with Crippen LogP contribution >= 0.6 is 12.4 Å². The van der Waals surface area contributed by atoms with Gasteiger partial charge in [-0.15, -0.1) is 12.4 Å². The minimum Gasteiger partial charge on any atom is -0.338 e. The standard InChI is InChI=1S/C13H16F2N2O.ClH/c14-10-3-4-11(12(15)6-10)13(18)17-5-1-2-9(7-16)8-17;/h3-4,6,9H,1-2,5,7-8,16H2;1H. The van der Waals surface area contributed by atoms with Crippen molar-refractivity contribution in [3.8, 4) is 0 Å². The maximum atomic E-state index is 13.5. The molecular formula is C13H17ClF2N2O. The van der Waals surface area contributed by atoms with Gasteiger partial charge in [-0.05, 0) is 37.4 Å². The summed E-state index contributed by atoms with van der Waals surface area (Å²) in [5.41, 5.74) is 5.52. The van der Waals surface area contributed by atoms with Crippen LogP contribution in [0, 0.1) is 17.6 Å². The van der Waals surface area contributed by atoms with Gasteiger partial charge in [-0.2, -0.15) is 0 Å². The molecule has 3 nitrogen and oxygen atoms in total. The first-order valence-electron chi connectivity index (χ1n) is 6.06. The Morgan fingerprint density at radius 2 is 2.16 bits per heavy atom. The van der Waals surface area contributed by atoms with Crippen molar-refractivity contribution >= 4 is 18.3 Å². The van der Waals surface area contributed by atoms with E-state index < -0.39 is 11.6 Å². The summed E-state index contributed by atoms with van der Waals surface area (Å²) in [5.74, 6) is -1.60. The van der Waals surface area contributed by atoms with E-state index in [4.69, 9.17) is 5.73 Å². The largest absolute Gasteiger partial charge is 0.338 e. The number of piperidine rings is 1. The maximum absolute atomic E-state index is 13.5. The number of hydrogen-bond donors (Lipinski definition) is 1. The van der Waals surface area contributed by atoms with Gasteiger partial charge in [-0.25, -0.2) is 8.78 Å². The summed E-state index contributed by atoms with van der Waals surface area (Å²) in [6.45, 7) is 1.67. The molecule has 0 aliphatic carbocycles. The monoisotopic (exact) mass is 290 g/mol. The quantitative estimate of drug-likeness (QED) is 0.907. The van der Waals surface area contributed by atoms with Crippen LogP contribution in [-0.4, -0.2) is 30.4 Å². The average molecular weight is 291 g/mol. The second kappa shape index (κ2) is 6.82. The van der Waals surface area contributed by atoms with Crippen molar-refractivity contribution in [2.75, 3.05) is 19.6 Å². The van der Waals surface area contributed by atoms with Gasteiger partial charge in [0.25, 0.3) is 5.91 Å². The van der Waals surface area contributed by atoms with Crippen LogP contribution in [-0.2, 0) is 0 Å². The van der Waals surface area contributed by atoms with Gasteiger partial charge in [-0.3, -0.25) is 4.79 Å². The number of carbonyl (C=O) groups excluding carboxylic acids is 1. The van der Waals surface area contributed by atoms with Gasteiger partial charge in [0.1, 0.15) is 11.6 Å². The number of amides is 1. The molecule has 1 aliphatic heterocycles. The van der Waals surface area contributed by atoms with E-state index in [9.17, 15) is 13.6 Å². The average Bonchev–Trinajstić information content (AvgIpc) is 2.38. The molecule has 1 heterocycles. The van der Waals surface area contributed by atoms with Crippen LogP contribution in [0.5, 0.6) is 0 Å². The molecular weight excluding hydrogens is 274 g/mol. The van der Waals surface area contributed by atoms with Gasteiger partial charge in [0.15, 0.2) is 0 Å². The molecule has 2 N–H and O–H groups in total. The number of halogens is 3. The van der Waals surface area contributed by atoms with Crippen molar-refractivity contribution in [1.82, 2.24) is 4.90 Å². The SMILES string of the molecule is Cl.NCC1CCCN(C(=O)c2ccc(F)cc2F)C1. The van der Waals surface area contributed by atoms with Crippen molar-refractivity contribution in [3.63, 3.8) is 0 Å². The summed E-state index contributed by atoms with van der Waals surface area (Å²) >= 11 is 0. The van der Waals surface area contributed by atoms with Crippen LogP contribution in [0.15, 0.2) is 18.2 Å². The van der Waals surface area contributed by atoms with Crippen LogP contribution in [0.2, 0.25) is 0 Å². The molecule has 1 aliphatic rings. The zero-order valence-corrected chi connectivity index (χ0v) is 11.3. The Bertz CT molecular complexity index is 456. The van der Waals surface area contributed by atoms with Gasteiger partial charge in [-0.1, -0.05) is 0 Å². The smallest absolute Gasteiger partial charge is 0.256 e. The molecule has 6 heteroatoms. The molecule has 0 spiro atoms. The van der Waals surface area contributed by atoms with E-state index >= 15 is 0 Å². The summed E-state index contributed by atoms with van der Waals surface area (Å²) in [4.78, 5) is 13.7. The molecule has 1 aromatic carbocycles. The highest BCUT2D eigenvalue weighted by Crippen LogP contribution is 2.19. The number of likely N-dealkylation sites (tertiary alicyclic amines) is 1. The second-order valence-corrected chi connectivity index (χ2v) is 4.62. The first kappa shape index (κ1) is 15.9. The molecule has 0 bridgehead atoms. The fourth-order valence-electron chi connectivity index (χ4n) is 2.28. The van der Waals surface area contributed by atoms with Crippen LogP contribution in [0.1, 0.15) is 23.2 Å². The number of nitrogens with zero attached hydrogens (tertiary/aromatic N) is 1. The molecule has 1 unspecified atom stereocenters. The minimum atomic E-state index is -0.810. The zero-order valence-electron chi connectivity index (χ0n) is 10.4. The minimum absolute atomic E-state index is 0. The fourth-order valence-corrected chi connectivity index (χ4v) is 2.28. The van der Waals surface area contributed by atoms with Crippen LogP contribution in [0.3, 0.4) is 0 Å². The topological polar surface area (TPSA) is 46.3 Å². The normalized spacial score (nSPS) is 18.9. The van der Waals surface area contributed by atoms with Gasteiger partial charge >= 0.3 is 0 Å². The Morgan fingerprint density at radius 3 is 2.79 bits per heavy atom. The van der Waals surface area contributed by atoms with Gasteiger partial charge in [0, 0.05) is 19.2 Å². The second-order valence-electron chi connectivity index (χ2n) is 4.62. The number of nitrogens with two attached hydrogens (primary N) is 1. The van der Waals surface area contributed by atoms with Gasteiger partial charge < -0.3 is 10.6 Å². The van der Waals surface area contributed by atoms with Gasteiger partial charge in [0.2, 0.25) is 0 Å². The third-order valence-corrected chi connectivity index (χ3v) is 3.30.